The van der Waals surface area contributed by atoms with Crippen LogP contribution in [0.4, 0.5) is 8.78 Å². The van der Waals surface area contributed by atoms with E-state index in [0.717, 1.165) is 11.5 Å². The van der Waals surface area contributed by atoms with E-state index in [1.165, 1.54) is 12.8 Å². The highest BCUT2D eigenvalue weighted by molar-refractivity contribution is 5.25. The Hall–Kier alpha value is -1.75. The molecule has 0 spiro atoms. The fraction of sp³-hybridized carbons (Fsp3) is 0.438. The molecule has 5 heteroatoms. The molecule has 112 valence electrons. The number of benzene rings is 1. The summed E-state index contributed by atoms with van der Waals surface area (Å²) in [6.45, 7) is 2.43. The second kappa shape index (κ2) is 5.56. The molecule has 1 aromatic heterocycles. The van der Waals surface area contributed by atoms with Crippen molar-refractivity contribution >= 4 is 0 Å². The van der Waals surface area contributed by atoms with Crippen LogP contribution in [0.2, 0.25) is 0 Å². The molecule has 0 amide bonds. The summed E-state index contributed by atoms with van der Waals surface area (Å²) in [5.41, 5.74) is 1.50. The van der Waals surface area contributed by atoms with Crippen LogP contribution >= 0.6 is 0 Å². The number of hydrogen-bond acceptors (Lipinski definition) is 3. The highest BCUT2D eigenvalue weighted by Gasteiger charge is 2.28. The summed E-state index contributed by atoms with van der Waals surface area (Å²) in [6.07, 6.45) is 2.33. The van der Waals surface area contributed by atoms with Gasteiger partial charge in [0.15, 0.2) is 11.6 Å². The minimum atomic E-state index is -0.765. The molecule has 0 bridgehead atoms. The lowest BCUT2D eigenvalue weighted by Gasteiger charge is -2.16. The third-order valence-electron chi connectivity index (χ3n) is 3.78. The van der Waals surface area contributed by atoms with Gasteiger partial charge < -0.3 is 4.52 Å². The summed E-state index contributed by atoms with van der Waals surface area (Å²) < 4.78 is 32.7. The SMILES string of the molecule is Cc1ccc(CN(C)Cc2cc(C3CC3)on2)c(F)c1F. The van der Waals surface area contributed by atoms with Gasteiger partial charge in [0, 0.05) is 30.6 Å². The third kappa shape index (κ3) is 3.13. The average molecular weight is 292 g/mol. The van der Waals surface area contributed by atoms with Gasteiger partial charge in [0.25, 0.3) is 0 Å². The topological polar surface area (TPSA) is 29.3 Å². The van der Waals surface area contributed by atoms with Gasteiger partial charge in [-0.3, -0.25) is 4.90 Å². The molecular weight excluding hydrogens is 274 g/mol. The van der Waals surface area contributed by atoms with Crippen LogP contribution in [-0.2, 0) is 13.1 Å². The fourth-order valence-electron chi connectivity index (χ4n) is 2.39. The van der Waals surface area contributed by atoms with E-state index in [-0.39, 0.29) is 0 Å². The van der Waals surface area contributed by atoms with Crippen molar-refractivity contribution in [2.45, 2.75) is 38.8 Å². The summed E-state index contributed by atoms with van der Waals surface area (Å²) in [6, 6.07) is 5.19. The molecule has 1 aliphatic carbocycles. The Kier molecular flexibility index (Phi) is 3.76. The first-order valence-electron chi connectivity index (χ1n) is 7.12. The van der Waals surface area contributed by atoms with E-state index in [0.29, 0.717) is 30.1 Å². The maximum absolute atomic E-state index is 13.8. The lowest BCUT2D eigenvalue weighted by Crippen LogP contribution is -2.18. The van der Waals surface area contributed by atoms with Gasteiger partial charge in [-0.05, 0) is 32.4 Å². The molecular formula is C16H18F2N2O. The van der Waals surface area contributed by atoms with Crippen LogP contribution < -0.4 is 0 Å². The number of halogens is 2. The van der Waals surface area contributed by atoms with E-state index in [1.807, 2.05) is 18.0 Å². The van der Waals surface area contributed by atoms with Crippen LogP contribution in [-0.4, -0.2) is 17.1 Å². The van der Waals surface area contributed by atoms with E-state index in [1.54, 1.807) is 19.1 Å². The average Bonchev–Trinajstić information content (AvgIpc) is 3.20. The van der Waals surface area contributed by atoms with Gasteiger partial charge in [-0.15, -0.1) is 0 Å². The molecule has 21 heavy (non-hydrogen) atoms. The Morgan fingerprint density at radius 2 is 2.00 bits per heavy atom. The first kappa shape index (κ1) is 14.2. The van der Waals surface area contributed by atoms with Crippen molar-refractivity contribution in [2.24, 2.45) is 0 Å². The minimum Gasteiger partial charge on any atom is -0.361 e. The Morgan fingerprint density at radius 3 is 2.71 bits per heavy atom. The Bertz CT molecular complexity index is 650. The highest BCUT2D eigenvalue weighted by Crippen LogP contribution is 2.40. The first-order valence-corrected chi connectivity index (χ1v) is 7.12. The predicted octanol–water partition coefficient (Wildman–Crippen LogP) is 3.77. The van der Waals surface area contributed by atoms with E-state index in [9.17, 15) is 8.78 Å². The van der Waals surface area contributed by atoms with Gasteiger partial charge in [0.1, 0.15) is 5.76 Å². The number of aromatic nitrogens is 1. The zero-order valence-electron chi connectivity index (χ0n) is 12.2. The molecule has 1 saturated carbocycles. The van der Waals surface area contributed by atoms with Crippen molar-refractivity contribution in [3.05, 3.63) is 52.4 Å². The standard InChI is InChI=1S/C16H18F2N2O/c1-10-3-4-12(16(18)15(10)17)8-20(2)9-13-7-14(21-19-13)11-5-6-11/h3-4,7,11H,5-6,8-9H2,1-2H3. The molecule has 0 atom stereocenters. The lowest BCUT2D eigenvalue weighted by atomic mass is 10.1. The summed E-state index contributed by atoms with van der Waals surface area (Å²) in [5, 5.41) is 4.03. The molecule has 3 rings (SSSR count). The molecule has 0 radical (unpaired) electrons. The highest BCUT2D eigenvalue weighted by atomic mass is 19.2. The van der Waals surface area contributed by atoms with Crippen LogP contribution in [0.3, 0.4) is 0 Å². The van der Waals surface area contributed by atoms with E-state index in [2.05, 4.69) is 5.16 Å². The number of aryl methyl sites for hydroxylation is 1. The Balaban J connectivity index is 1.65. The monoisotopic (exact) mass is 292 g/mol. The quantitative estimate of drug-likeness (QED) is 0.840. The largest absolute Gasteiger partial charge is 0.361 e. The van der Waals surface area contributed by atoms with E-state index < -0.39 is 11.6 Å². The molecule has 1 aromatic carbocycles. The fourth-order valence-corrected chi connectivity index (χ4v) is 2.39. The Morgan fingerprint density at radius 1 is 1.24 bits per heavy atom. The molecule has 2 aromatic rings. The second-order valence-electron chi connectivity index (χ2n) is 5.84. The van der Waals surface area contributed by atoms with Crippen LogP contribution in [0.5, 0.6) is 0 Å². The van der Waals surface area contributed by atoms with Gasteiger partial charge in [0.2, 0.25) is 0 Å². The first-order chi connectivity index (χ1) is 10.0. The molecule has 1 aliphatic rings. The van der Waals surface area contributed by atoms with Crippen molar-refractivity contribution in [2.75, 3.05) is 7.05 Å². The third-order valence-corrected chi connectivity index (χ3v) is 3.78. The molecule has 1 heterocycles. The Labute approximate surface area is 122 Å². The van der Waals surface area contributed by atoms with Crippen molar-refractivity contribution in [1.29, 1.82) is 0 Å². The number of nitrogens with zero attached hydrogens (tertiary/aromatic N) is 2. The van der Waals surface area contributed by atoms with Gasteiger partial charge in [-0.1, -0.05) is 17.3 Å². The van der Waals surface area contributed by atoms with Gasteiger partial charge in [-0.25, -0.2) is 8.78 Å². The van der Waals surface area contributed by atoms with E-state index >= 15 is 0 Å². The second-order valence-corrected chi connectivity index (χ2v) is 5.84. The molecule has 0 saturated heterocycles. The summed E-state index contributed by atoms with van der Waals surface area (Å²) in [7, 11) is 1.85. The maximum Gasteiger partial charge on any atom is 0.163 e. The van der Waals surface area contributed by atoms with Crippen molar-refractivity contribution in [1.82, 2.24) is 10.1 Å². The van der Waals surface area contributed by atoms with Crippen molar-refractivity contribution in [3.8, 4) is 0 Å². The maximum atomic E-state index is 13.8. The van der Waals surface area contributed by atoms with Gasteiger partial charge in [0.05, 0.1) is 5.69 Å². The summed E-state index contributed by atoms with van der Waals surface area (Å²) >= 11 is 0. The van der Waals surface area contributed by atoms with Crippen LogP contribution in [0, 0.1) is 18.6 Å². The van der Waals surface area contributed by atoms with Crippen molar-refractivity contribution in [3.63, 3.8) is 0 Å². The normalized spacial score (nSPS) is 14.9. The van der Waals surface area contributed by atoms with Gasteiger partial charge >= 0.3 is 0 Å². The zero-order valence-corrected chi connectivity index (χ0v) is 12.2. The van der Waals surface area contributed by atoms with Crippen LogP contribution in [0.25, 0.3) is 0 Å². The smallest absolute Gasteiger partial charge is 0.163 e. The van der Waals surface area contributed by atoms with Gasteiger partial charge in [-0.2, -0.15) is 0 Å². The summed E-state index contributed by atoms with van der Waals surface area (Å²) in [4.78, 5) is 1.89. The molecule has 3 nitrogen and oxygen atoms in total. The van der Waals surface area contributed by atoms with Crippen LogP contribution in [0.15, 0.2) is 22.7 Å². The minimum absolute atomic E-state index is 0.324. The van der Waals surface area contributed by atoms with Crippen LogP contribution in [0.1, 0.15) is 41.3 Å². The molecule has 0 aliphatic heterocycles. The lowest BCUT2D eigenvalue weighted by molar-refractivity contribution is 0.295. The summed E-state index contributed by atoms with van der Waals surface area (Å²) in [5.74, 6) is -0.0646. The zero-order chi connectivity index (χ0) is 15.0. The molecule has 0 unspecified atom stereocenters. The predicted molar refractivity (Wildman–Crippen MR) is 74.7 cm³/mol. The number of hydrogen-bond donors (Lipinski definition) is 0. The molecule has 1 fully saturated rings. The number of rotatable bonds is 5. The molecule has 0 N–H and O–H groups in total. The van der Waals surface area contributed by atoms with E-state index in [4.69, 9.17) is 4.52 Å². The van der Waals surface area contributed by atoms with Crippen molar-refractivity contribution < 1.29 is 13.3 Å².